The van der Waals surface area contributed by atoms with E-state index in [4.69, 9.17) is 0 Å². The molecule has 0 aliphatic heterocycles. The van der Waals surface area contributed by atoms with Crippen molar-refractivity contribution in [3.63, 3.8) is 0 Å². The SMILES string of the molecule is CCCCCC=CC(C)CCCCCCCC. The number of unbranched alkanes of at least 4 members (excludes halogenated alkanes) is 8. The highest BCUT2D eigenvalue weighted by Crippen LogP contribution is 2.13. The second-order valence-corrected chi connectivity index (χ2v) is 5.46. The maximum atomic E-state index is 2.43. The molecular weight excluding hydrogens is 204 g/mol. The molecule has 1 atom stereocenters. The largest absolute Gasteiger partial charge is 0.0883 e. The average molecular weight is 238 g/mol. The van der Waals surface area contributed by atoms with Crippen LogP contribution in [0.5, 0.6) is 0 Å². The monoisotopic (exact) mass is 238 g/mol. The molecule has 0 spiro atoms. The van der Waals surface area contributed by atoms with Crippen LogP contribution in [0.15, 0.2) is 12.2 Å². The molecule has 0 radical (unpaired) electrons. The van der Waals surface area contributed by atoms with Crippen LogP contribution < -0.4 is 0 Å². The summed E-state index contributed by atoms with van der Waals surface area (Å²) in [6, 6.07) is 0. The summed E-state index contributed by atoms with van der Waals surface area (Å²) >= 11 is 0. The predicted octanol–water partition coefficient (Wildman–Crippen LogP) is 6.51. The average Bonchev–Trinajstić information content (AvgIpc) is 2.33. The molecular formula is C17H34. The summed E-state index contributed by atoms with van der Waals surface area (Å²) in [7, 11) is 0. The van der Waals surface area contributed by atoms with Gasteiger partial charge in [0.25, 0.3) is 0 Å². The number of hydrogen-bond donors (Lipinski definition) is 0. The summed E-state index contributed by atoms with van der Waals surface area (Å²) in [5.41, 5.74) is 0. The Labute approximate surface area is 110 Å². The van der Waals surface area contributed by atoms with Crippen LogP contribution in [0.2, 0.25) is 0 Å². The van der Waals surface area contributed by atoms with E-state index < -0.39 is 0 Å². The van der Waals surface area contributed by atoms with Crippen molar-refractivity contribution >= 4 is 0 Å². The van der Waals surface area contributed by atoms with Crippen LogP contribution in [0.1, 0.15) is 91.4 Å². The molecule has 0 nitrogen and oxygen atoms in total. The van der Waals surface area contributed by atoms with E-state index in [1.165, 1.54) is 70.6 Å². The Morgan fingerprint density at radius 2 is 1.35 bits per heavy atom. The van der Waals surface area contributed by atoms with Crippen LogP contribution in [0.4, 0.5) is 0 Å². The van der Waals surface area contributed by atoms with E-state index >= 15 is 0 Å². The molecule has 0 saturated heterocycles. The Morgan fingerprint density at radius 3 is 2.06 bits per heavy atom. The molecule has 0 rings (SSSR count). The van der Waals surface area contributed by atoms with Gasteiger partial charge in [-0.2, -0.15) is 0 Å². The van der Waals surface area contributed by atoms with E-state index in [2.05, 4.69) is 32.9 Å². The zero-order chi connectivity index (χ0) is 12.8. The van der Waals surface area contributed by atoms with Crippen molar-refractivity contribution in [2.45, 2.75) is 91.4 Å². The Morgan fingerprint density at radius 1 is 0.765 bits per heavy atom. The van der Waals surface area contributed by atoms with Crippen LogP contribution >= 0.6 is 0 Å². The Balaban J connectivity index is 3.24. The smallest absolute Gasteiger partial charge is 0.0262 e. The van der Waals surface area contributed by atoms with E-state index in [9.17, 15) is 0 Å². The molecule has 1 unspecified atom stereocenters. The fourth-order valence-corrected chi connectivity index (χ4v) is 2.18. The fraction of sp³-hybridized carbons (Fsp3) is 0.882. The molecule has 0 heteroatoms. The molecule has 0 aromatic heterocycles. The van der Waals surface area contributed by atoms with E-state index in [1.807, 2.05) is 0 Å². The van der Waals surface area contributed by atoms with Crippen molar-refractivity contribution in [1.29, 1.82) is 0 Å². The normalized spacial score (nSPS) is 13.4. The van der Waals surface area contributed by atoms with Crippen molar-refractivity contribution in [3.05, 3.63) is 12.2 Å². The lowest BCUT2D eigenvalue weighted by molar-refractivity contribution is 0.542. The van der Waals surface area contributed by atoms with Gasteiger partial charge in [0.1, 0.15) is 0 Å². The van der Waals surface area contributed by atoms with E-state index in [0.29, 0.717) is 0 Å². The maximum absolute atomic E-state index is 2.43. The van der Waals surface area contributed by atoms with Gasteiger partial charge >= 0.3 is 0 Å². The van der Waals surface area contributed by atoms with Crippen LogP contribution in [-0.4, -0.2) is 0 Å². The lowest BCUT2D eigenvalue weighted by atomic mass is 10.0. The van der Waals surface area contributed by atoms with E-state index in [0.717, 1.165) is 5.92 Å². The molecule has 0 aromatic rings. The lowest BCUT2D eigenvalue weighted by Crippen LogP contribution is -1.90. The zero-order valence-electron chi connectivity index (χ0n) is 12.5. The van der Waals surface area contributed by atoms with Gasteiger partial charge in [0.05, 0.1) is 0 Å². The van der Waals surface area contributed by atoms with Crippen molar-refractivity contribution in [3.8, 4) is 0 Å². The van der Waals surface area contributed by atoms with Gasteiger partial charge < -0.3 is 0 Å². The van der Waals surface area contributed by atoms with Crippen LogP contribution in [0.3, 0.4) is 0 Å². The topological polar surface area (TPSA) is 0 Å². The first-order chi connectivity index (χ1) is 8.31. The molecule has 17 heavy (non-hydrogen) atoms. The summed E-state index contributed by atoms with van der Waals surface area (Å²) in [5.74, 6) is 0.794. The molecule has 0 bridgehead atoms. The van der Waals surface area contributed by atoms with Gasteiger partial charge in [0, 0.05) is 0 Å². The number of allylic oxidation sites excluding steroid dienone is 2. The first-order valence-corrected chi connectivity index (χ1v) is 7.97. The molecule has 0 aromatic carbocycles. The van der Waals surface area contributed by atoms with Crippen LogP contribution in [0, 0.1) is 5.92 Å². The fourth-order valence-electron chi connectivity index (χ4n) is 2.18. The van der Waals surface area contributed by atoms with Gasteiger partial charge in [0.15, 0.2) is 0 Å². The molecule has 0 heterocycles. The third-order valence-electron chi connectivity index (χ3n) is 3.45. The molecule has 0 fully saturated rings. The minimum atomic E-state index is 0.794. The van der Waals surface area contributed by atoms with Gasteiger partial charge in [-0.1, -0.05) is 84.3 Å². The first-order valence-electron chi connectivity index (χ1n) is 7.97. The first kappa shape index (κ1) is 16.7. The lowest BCUT2D eigenvalue weighted by Gasteiger charge is -2.05. The van der Waals surface area contributed by atoms with Crippen molar-refractivity contribution in [1.82, 2.24) is 0 Å². The Bertz CT molecular complexity index is 157. The highest BCUT2D eigenvalue weighted by Gasteiger charge is 1.96. The molecule has 0 aliphatic carbocycles. The van der Waals surface area contributed by atoms with Crippen molar-refractivity contribution in [2.75, 3.05) is 0 Å². The Kier molecular flexibility index (Phi) is 13.6. The summed E-state index contributed by atoms with van der Waals surface area (Å²) in [5, 5.41) is 0. The summed E-state index contributed by atoms with van der Waals surface area (Å²) in [6.07, 6.45) is 20.1. The van der Waals surface area contributed by atoms with Crippen LogP contribution in [-0.2, 0) is 0 Å². The van der Waals surface area contributed by atoms with Crippen molar-refractivity contribution in [2.24, 2.45) is 5.92 Å². The molecule has 0 amide bonds. The quantitative estimate of drug-likeness (QED) is 0.268. The summed E-state index contributed by atoms with van der Waals surface area (Å²) in [4.78, 5) is 0. The van der Waals surface area contributed by atoms with Gasteiger partial charge in [-0.15, -0.1) is 0 Å². The molecule has 0 N–H and O–H groups in total. The maximum Gasteiger partial charge on any atom is -0.0262 e. The minimum absolute atomic E-state index is 0.794. The van der Waals surface area contributed by atoms with Gasteiger partial charge in [-0.05, 0) is 25.2 Å². The van der Waals surface area contributed by atoms with Crippen molar-refractivity contribution < 1.29 is 0 Å². The van der Waals surface area contributed by atoms with Gasteiger partial charge in [0.2, 0.25) is 0 Å². The molecule has 0 aliphatic rings. The Hall–Kier alpha value is -0.260. The zero-order valence-corrected chi connectivity index (χ0v) is 12.5. The van der Waals surface area contributed by atoms with E-state index in [1.54, 1.807) is 0 Å². The predicted molar refractivity (Wildman–Crippen MR) is 80.4 cm³/mol. The second-order valence-electron chi connectivity index (χ2n) is 5.46. The van der Waals surface area contributed by atoms with Gasteiger partial charge in [-0.3, -0.25) is 0 Å². The van der Waals surface area contributed by atoms with Crippen LogP contribution in [0.25, 0.3) is 0 Å². The summed E-state index contributed by atoms with van der Waals surface area (Å²) < 4.78 is 0. The standard InChI is InChI=1S/C17H34/c1-4-6-8-10-12-14-16-17(3)15-13-11-9-7-5-2/h13,15,17H,4-12,14,16H2,1-3H3. The second kappa shape index (κ2) is 13.8. The molecule has 0 saturated carbocycles. The minimum Gasteiger partial charge on any atom is -0.0883 e. The highest BCUT2D eigenvalue weighted by atomic mass is 14.0. The number of hydrogen-bond acceptors (Lipinski definition) is 0. The van der Waals surface area contributed by atoms with E-state index in [-0.39, 0.29) is 0 Å². The number of rotatable bonds is 12. The third kappa shape index (κ3) is 13.7. The summed E-state index contributed by atoms with van der Waals surface area (Å²) in [6.45, 7) is 6.92. The highest BCUT2D eigenvalue weighted by molar-refractivity contribution is 4.86. The molecule has 102 valence electrons. The van der Waals surface area contributed by atoms with Gasteiger partial charge in [-0.25, -0.2) is 0 Å². The third-order valence-corrected chi connectivity index (χ3v) is 3.45.